The largest absolute Gasteiger partial charge is 0.401 e. The summed E-state index contributed by atoms with van der Waals surface area (Å²) in [6.45, 7) is -0.895. The number of likely N-dealkylation sites (N-methyl/N-ethyl adjacent to an activating group) is 1. The molecule has 0 amide bonds. The number of nitrogens with zero attached hydrogens (tertiary/aromatic N) is 1. The molecule has 0 aliphatic heterocycles. The van der Waals surface area contributed by atoms with Crippen LogP contribution in [0.5, 0.6) is 0 Å². The fourth-order valence-corrected chi connectivity index (χ4v) is 1.88. The van der Waals surface area contributed by atoms with Crippen LogP contribution in [-0.2, 0) is 0 Å². The number of benzene rings is 1. The van der Waals surface area contributed by atoms with Gasteiger partial charge in [-0.3, -0.25) is 4.90 Å². The van der Waals surface area contributed by atoms with Gasteiger partial charge in [-0.15, -0.1) is 0 Å². The van der Waals surface area contributed by atoms with Crippen molar-refractivity contribution in [2.24, 2.45) is 5.73 Å². The lowest BCUT2D eigenvalue weighted by molar-refractivity contribution is -0.147. The Labute approximate surface area is 103 Å². The van der Waals surface area contributed by atoms with Crippen molar-refractivity contribution in [2.75, 3.05) is 20.1 Å². The van der Waals surface area contributed by atoms with Crippen molar-refractivity contribution >= 4 is 11.6 Å². The molecule has 1 atom stereocenters. The molecular formula is C11H14ClF3N2. The molecule has 1 aromatic rings. The third-order valence-corrected chi connectivity index (χ3v) is 2.65. The molecule has 0 aromatic heterocycles. The van der Waals surface area contributed by atoms with E-state index in [1.54, 1.807) is 24.3 Å². The van der Waals surface area contributed by atoms with Crippen LogP contribution in [0.1, 0.15) is 11.6 Å². The van der Waals surface area contributed by atoms with E-state index in [4.69, 9.17) is 17.3 Å². The average Bonchev–Trinajstić information content (AvgIpc) is 2.15. The van der Waals surface area contributed by atoms with Crippen molar-refractivity contribution in [3.63, 3.8) is 0 Å². The van der Waals surface area contributed by atoms with Crippen LogP contribution in [0.3, 0.4) is 0 Å². The lowest BCUT2D eigenvalue weighted by Crippen LogP contribution is -2.37. The van der Waals surface area contributed by atoms with Crippen molar-refractivity contribution in [3.8, 4) is 0 Å². The van der Waals surface area contributed by atoms with Crippen LogP contribution in [0.4, 0.5) is 13.2 Å². The number of nitrogens with two attached hydrogens (primary N) is 1. The minimum atomic E-state index is -4.24. The van der Waals surface area contributed by atoms with Crippen LogP contribution < -0.4 is 5.73 Å². The minimum absolute atomic E-state index is 0.104. The van der Waals surface area contributed by atoms with Gasteiger partial charge in [0.05, 0.1) is 6.54 Å². The van der Waals surface area contributed by atoms with Gasteiger partial charge in [-0.1, -0.05) is 23.7 Å². The molecule has 1 aromatic carbocycles. The van der Waals surface area contributed by atoms with Crippen LogP contribution in [-0.4, -0.2) is 31.2 Å². The molecule has 17 heavy (non-hydrogen) atoms. The molecular weight excluding hydrogens is 253 g/mol. The quantitative estimate of drug-likeness (QED) is 0.908. The molecule has 0 radical (unpaired) electrons. The van der Waals surface area contributed by atoms with E-state index in [9.17, 15) is 13.2 Å². The maximum absolute atomic E-state index is 12.3. The molecule has 0 saturated heterocycles. The highest BCUT2D eigenvalue weighted by Gasteiger charge is 2.32. The Morgan fingerprint density at radius 3 is 2.53 bits per heavy atom. The Morgan fingerprint density at radius 2 is 2.06 bits per heavy atom. The molecule has 0 bridgehead atoms. The first kappa shape index (κ1) is 14.3. The maximum Gasteiger partial charge on any atom is 0.401 e. The first-order valence-corrected chi connectivity index (χ1v) is 5.44. The van der Waals surface area contributed by atoms with E-state index in [1.807, 2.05) is 0 Å². The predicted molar refractivity (Wildman–Crippen MR) is 61.9 cm³/mol. The SMILES string of the molecule is CN(CC(F)(F)F)C(CN)c1cccc(Cl)c1. The molecule has 0 saturated carbocycles. The minimum Gasteiger partial charge on any atom is -0.329 e. The van der Waals surface area contributed by atoms with E-state index in [1.165, 1.54) is 11.9 Å². The summed E-state index contributed by atoms with van der Waals surface area (Å²) >= 11 is 5.80. The van der Waals surface area contributed by atoms with Gasteiger partial charge in [-0.2, -0.15) is 13.2 Å². The van der Waals surface area contributed by atoms with Gasteiger partial charge in [0, 0.05) is 17.6 Å². The Bertz CT molecular complexity index is 368. The van der Waals surface area contributed by atoms with Crippen LogP contribution in [0, 0.1) is 0 Å². The average molecular weight is 267 g/mol. The van der Waals surface area contributed by atoms with Crippen molar-refractivity contribution in [1.29, 1.82) is 0 Å². The van der Waals surface area contributed by atoms with E-state index in [-0.39, 0.29) is 6.54 Å². The number of rotatable bonds is 4. The van der Waals surface area contributed by atoms with Crippen molar-refractivity contribution in [3.05, 3.63) is 34.9 Å². The van der Waals surface area contributed by atoms with Crippen LogP contribution in [0.2, 0.25) is 5.02 Å². The molecule has 0 aliphatic carbocycles. The molecule has 0 heterocycles. The van der Waals surface area contributed by atoms with Gasteiger partial charge in [-0.05, 0) is 24.7 Å². The summed E-state index contributed by atoms with van der Waals surface area (Å²) in [6, 6.07) is 6.22. The Morgan fingerprint density at radius 1 is 1.41 bits per heavy atom. The highest BCUT2D eigenvalue weighted by molar-refractivity contribution is 6.30. The number of hydrogen-bond donors (Lipinski definition) is 1. The third-order valence-electron chi connectivity index (χ3n) is 2.42. The van der Waals surface area contributed by atoms with E-state index >= 15 is 0 Å². The van der Waals surface area contributed by atoms with Crippen LogP contribution in [0.15, 0.2) is 24.3 Å². The summed E-state index contributed by atoms with van der Waals surface area (Å²) in [7, 11) is 1.39. The molecule has 96 valence electrons. The molecule has 2 N–H and O–H groups in total. The zero-order valence-electron chi connectivity index (χ0n) is 9.34. The second-order valence-electron chi connectivity index (χ2n) is 3.84. The van der Waals surface area contributed by atoms with Gasteiger partial charge in [-0.25, -0.2) is 0 Å². The Kier molecular flexibility index (Phi) is 4.80. The summed E-state index contributed by atoms with van der Waals surface area (Å²) < 4.78 is 36.9. The molecule has 2 nitrogen and oxygen atoms in total. The zero-order valence-corrected chi connectivity index (χ0v) is 10.1. The second-order valence-corrected chi connectivity index (χ2v) is 4.27. The lowest BCUT2D eigenvalue weighted by Gasteiger charge is -2.28. The number of hydrogen-bond acceptors (Lipinski definition) is 2. The van der Waals surface area contributed by atoms with Gasteiger partial charge in [0.25, 0.3) is 0 Å². The lowest BCUT2D eigenvalue weighted by atomic mass is 10.1. The van der Waals surface area contributed by atoms with Gasteiger partial charge < -0.3 is 5.73 Å². The highest BCUT2D eigenvalue weighted by atomic mass is 35.5. The van der Waals surface area contributed by atoms with E-state index in [0.717, 1.165) is 0 Å². The predicted octanol–water partition coefficient (Wildman–Crippen LogP) is 2.83. The van der Waals surface area contributed by atoms with Gasteiger partial charge >= 0.3 is 6.18 Å². The summed E-state index contributed by atoms with van der Waals surface area (Å²) in [6.07, 6.45) is -4.24. The number of halogens is 4. The van der Waals surface area contributed by atoms with Crippen molar-refractivity contribution < 1.29 is 13.2 Å². The molecule has 6 heteroatoms. The van der Waals surface area contributed by atoms with E-state index in [2.05, 4.69) is 0 Å². The van der Waals surface area contributed by atoms with Crippen LogP contribution in [0.25, 0.3) is 0 Å². The standard InChI is InChI=1S/C11H14ClF3N2/c1-17(7-11(13,14)15)10(6-16)8-3-2-4-9(12)5-8/h2-5,10H,6-7,16H2,1H3. The molecule has 1 rings (SSSR count). The van der Waals surface area contributed by atoms with Crippen LogP contribution >= 0.6 is 11.6 Å². The molecule has 0 fully saturated rings. The Balaban J connectivity index is 2.84. The fraction of sp³-hybridized carbons (Fsp3) is 0.455. The summed E-state index contributed by atoms with van der Waals surface area (Å²) in [5, 5.41) is 0.487. The van der Waals surface area contributed by atoms with Gasteiger partial charge in [0.1, 0.15) is 0 Å². The zero-order chi connectivity index (χ0) is 13.1. The van der Waals surface area contributed by atoms with E-state index < -0.39 is 18.8 Å². The van der Waals surface area contributed by atoms with Gasteiger partial charge in [0.15, 0.2) is 0 Å². The fourth-order valence-electron chi connectivity index (χ4n) is 1.68. The first-order chi connectivity index (χ1) is 7.83. The Hall–Kier alpha value is -0.780. The smallest absolute Gasteiger partial charge is 0.329 e. The normalized spacial score (nSPS) is 14.1. The summed E-state index contributed by atoms with van der Waals surface area (Å²) in [5.41, 5.74) is 6.21. The first-order valence-electron chi connectivity index (χ1n) is 5.06. The maximum atomic E-state index is 12.3. The summed E-state index contributed by atoms with van der Waals surface area (Å²) in [5.74, 6) is 0. The van der Waals surface area contributed by atoms with Crippen molar-refractivity contribution in [1.82, 2.24) is 4.90 Å². The highest BCUT2D eigenvalue weighted by Crippen LogP contribution is 2.25. The second kappa shape index (κ2) is 5.71. The molecule has 0 spiro atoms. The topological polar surface area (TPSA) is 29.3 Å². The van der Waals surface area contributed by atoms with E-state index in [0.29, 0.717) is 10.6 Å². The summed E-state index contributed by atoms with van der Waals surface area (Å²) in [4.78, 5) is 1.17. The number of alkyl halides is 3. The monoisotopic (exact) mass is 266 g/mol. The molecule has 0 aliphatic rings. The van der Waals surface area contributed by atoms with Gasteiger partial charge in [0.2, 0.25) is 0 Å². The van der Waals surface area contributed by atoms with Crippen molar-refractivity contribution in [2.45, 2.75) is 12.2 Å². The third kappa shape index (κ3) is 4.53. The molecule has 1 unspecified atom stereocenters.